The van der Waals surface area contributed by atoms with Gasteiger partial charge in [-0.05, 0) is 67.7 Å². The third kappa shape index (κ3) is 30.6. The van der Waals surface area contributed by atoms with E-state index < -0.39 is 132 Å². The molecule has 0 radical (unpaired) electrons. The van der Waals surface area contributed by atoms with Gasteiger partial charge >= 0.3 is 17.9 Å². The number of primary amides is 2. The van der Waals surface area contributed by atoms with Gasteiger partial charge in [0.05, 0.1) is 32.3 Å². The zero-order chi connectivity index (χ0) is 77.2. The minimum Gasteiger partial charge on any atom is -0.480 e. The number of hydrogen-bond acceptors (Lipinski definition) is 22. The molecule has 2 aromatic rings. The van der Waals surface area contributed by atoms with E-state index in [-0.39, 0.29) is 166 Å². The molecule has 2 bridgehead atoms. The fraction of sp³-hybridized carbons (Fsp3) is 0.629. The highest BCUT2D eigenvalue weighted by Crippen LogP contribution is 2.29. The van der Waals surface area contributed by atoms with Crippen LogP contribution in [0.15, 0.2) is 48.5 Å². The number of amides is 11. The van der Waals surface area contributed by atoms with Gasteiger partial charge in [0, 0.05) is 139 Å². The molecule has 0 aromatic heterocycles. The second kappa shape index (κ2) is 45.5. The van der Waals surface area contributed by atoms with Crippen LogP contribution < -0.4 is 48.7 Å². The summed E-state index contributed by atoms with van der Waals surface area (Å²) in [6, 6.07) is 5.13. The molecule has 0 aliphatic carbocycles. The number of aliphatic hydroxyl groups excluding tert-OH is 1. The Labute approximate surface area is 630 Å². The van der Waals surface area contributed by atoms with Crippen molar-refractivity contribution in [2.45, 2.75) is 157 Å². The van der Waals surface area contributed by atoms with Gasteiger partial charge in [-0.3, -0.25) is 86.7 Å². The summed E-state index contributed by atoms with van der Waals surface area (Å²) in [5, 5.41) is 59.1. The molecule has 0 unspecified atom stereocenters. The highest BCUT2D eigenvalue weighted by atomic mass is 32.2. The first-order valence-electron chi connectivity index (χ1n) is 36.0. The first kappa shape index (κ1) is 86.8. The number of fused-ring (bicyclic) bond motifs is 4. The van der Waals surface area contributed by atoms with Crippen molar-refractivity contribution in [3.05, 3.63) is 70.8 Å². The molecule has 6 rings (SSSR count). The summed E-state index contributed by atoms with van der Waals surface area (Å²) < 4.78 is 0. The lowest BCUT2D eigenvalue weighted by molar-refractivity contribution is -0.148. The Morgan fingerprint density at radius 3 is 1.67 bits per heavy atom. The summed E-state index contributed by atoms with van der Waals surface area (Å²) in [7, 11) is 0. The van der Waals surface area contributed by atoms with E-state index >= 15 is 0 Å². The topological polar surface area (TPSA) is 476 Å². The minimum absolute atomic E-state index is 0.0705. The van der Waals surface area contributed by atoms with Crippen LogP contribution in [0.3, 0.4) is 0 Å². The van der Waals surface area contributed by atoms with Crippen LogP contribution in [0, 0.1) is 0 Å². The fourth-order valence-electron chi connectivity index (χ4n) is 12.8. The van der Waals surface area contributed by atoms with E-state index in [0.717, 1.165) is 29.5 Å². The van der Waals surface area contributed by atoms with E-state index in [1.54, 1.807) is 45.0 Å². The number of aliphatic carboxylic acids is 3. The molecule has 4 aliphatic rings. The highest BCUT2D eigenvalue weighted by molar-refractivity contribution is 7.99. The van der Waals surface area contributed by atoms with Crippen LogP contribution in [0.25, 0.3) is 0 Å². The maximum Gasteiger partial charge on any atom is 0.317 e. The molecular formula is C70H105N15O18S3. The Bertz CT molecular complexity index is 3310. The Morgan fingerprint density at radius 1 is 0.575 bits per heavy atom. The number of carboxylic acids is 3. The summed E-state index contributed by atoms with van der Waals surface area (Å²) >= 11 is 4.16. The van der Waals surface area contributed by atoms with Gasteiger partial charge in [0.25, 0.3) is 0 Å². The van der Waals surface area contributed by atoms with E-state index in [9.17, 15) is 87.5 Å². The third-order valence-electron chi connectivity index (χ3n) is 18.3. The first-order chi connectivity index (χ1) is 50.7. The summed E-state index contributed by atoms with van der Waals surface area (Å²) in [4.78, 5) is 198. The Morgan fingerprint density at radius 2 is 1.11 bits per heavy atom. The van der Waals surface area contributed by atoms with E-state index in [4.69, 9.17) is 11.5 Å². The minimum atomic E-state index is -1.73. The van der Waals surface area contributed by atoms with Gasteiger partial charge in [-0.2, -0.15) is 35.3 Å². The van der Waals surface area contributed by atoms with Crippen molar-refractivity contribution in [3.8, 4) is 0 Å². The zero-order valence-corrected chi connectivity index (χ0v) is 62.8. The summed E-state index contributed by atoms with van der Waals surface area (Å²) in [5.74, 6) is -9.36. The molecule has 4 heterocycles. The van der Waals surface area contributed by atoms with Gasteiger partial charge < -0.3 is 78.9 Å². The van der Waals surface area contributed by atoms with Crippen molar-refractivity contribution in [2.75, 3.05) is 122 Å². The maximum absolute atomic E-state index is 15.0. The molecule has 11 amide bonds. The fourth-order valence-corrected chi connectivity index (χ4v) is 15.6. The average Bonchev–Trinajstić information content (AvgIpc) is 1.64. The number of carboxylic acid groups (broad SMARTS) is 3. The Hall–Kier alpha value is -8.13. The number of hydrogen-bond donors (Lipinski definition) is 13. The van der Waals surface area contributed by atoms with Gasteiger partial charge in [-0.15, -0.1) is 0 Å². The third-order valence-corrected chi connectivity index (χ3v) is 21.6. The molecular weight excluding hydrogens is 1440 g/mol. The molecule has 15 N–H and O–H groups in total. The number of carbonyl (C=O) groups is 14. The van der Waals surface area contributed by atoms with Crippen LogP contribution in [0.2, 0.25) is 0 Å². The van der Waals surface area contributed by atoms with Crippen molar-refractivity contribution in [3.63, 3.8) is 0 Å². The summed E-state index contributed by atoms with van der Waals surface area (Å²) in [6.45, 7) is 4.40. The van der Waals surface area contributed by atoms with Crippen LogP contribution in [0.5, 0.6) is 0 Å². The monoisotopic (exact) mass is 1540 g/mol. The van der Waals surface area contributed by atoms with E-state index in [0.29, 0.717) is 42.1 Å². The maximum atomic E-state index is 15.0. The molecule has 4 aliphatic heterocycles. The van der Waals surface area contributed by atoms with E-state index in [1.807, 2.05) is 30.0 Å². The summed E-state index contributed by atoms with van der Waals surface area (Å²) in [6.07, 6.45) is 0.761. The smallest absolute Gasteiger partial charge is 0.317 e. The molecule has 2 aromatic carbocycles. The molecule has 33 nitrogen and oxygen atoms in total. The number of rotatable bonds is 28. The van der Waals surface area contributed by atoms with Gasteiger partial charge in [0.1, 0.15) is 42.3 Å². The van der Waals surface area contributed by atoms with Crippen molar-refractivity contribution >= 4 is 118 Å². The number of benzene rings is 2. The molecule has 0 spiro atoms. The molecule has 106 heavy (non-hydrogen) atoms. The number of thioether (sulfide) groups is 3. The van der Waals surface area contributed by atoms with E-state index in [1.165, 1.54) is 52.0 Å². The number of carbonyl (C=O) groups excluding carboxylic acids is 11. The van der Waals surface area contributed by atoms with Crippen LogP contribution >= 0.6 is 35.3 Å². The van der Waals surface area contributed by atoms with Crippen molar-refractivity contribution in [2.24, 2.45) is 11.5 Å². The predicted octanol–water partition coefficient (Wildman–Crippen LogP) is -2.14. The lowest BCUT2D eigenvalue weighted by Crippen LogP contribution is -2.61. The first-order valence-corrected chi connectivity index (χ1v) is 39.5. The largest absolute Gasteiger partial charge is 0.480 e. The number of nitrogens with zero attached hydrogens (tertiary/aromatic N) is 6. The molecule has 8 atom stereocenters. The van der Waals surface area contributed by atoms with Gasteiger partial charge in [0.2, 0.25) is 65.0 Å². The van der Waals surface area contributed by atoms with Crippen LogP contribution in [0.1, 0.15) is 107 Å². The SMILES string of the molecule is CCCCCC(=O)N[C@H]1CSCc2cc(CSCCNC(=O)CN3CCN(CC(=O)O)CCN(CC(=O)O)CCN(CC(=O)O)CC3)cc(c2)CSC[C@@H](C(=O)NCCC(N)=O)NC(=O)[C@H](Cc2ccccc2)NC(=O)[C@H](CCC(N)=O)NC(=O)[C@H]([C@@H](C)O)NC(=O)[C@@H]2CCCN2C(=O)[C@@H]2CCCN2C1=O. The van der Waals surface area contributed by atoms with Crippen molar-refractivity contribution in [1.82, 2.24) is 66.6 Å². The van der Waals surface area contributed by atoms with Crippen LogP contribution in [0.4, 0.5) is 0 Å². The number of aliphatic hydroxyl groups is 1. The van der Waals surface area contributed by atoms with E-state index in [2.05, 4.69) is 37.2 Å². The zero-order valence-electron chi connectivity index (χ0n) is 60.3. The second-order valence-corrected chi connectivity index (χ2v) is 30.1. The predicted molar refractivity (Wildman–Crippen MR) is 397 cm³/mol. The average molecular weight is 1540 g/mol. The Kier molecular flexibility index (Phi) is 37.3. The van der Waals surface area contributed by atoms with Gasteiger partial charge in [0.15, 0.2) is 0 Å². The molecule has 3 saturated heterocycles. The Balaban J connectivity index is 1.30. The summed E-state index contributed by atoms with van der Waals surface area (Å²) in [5.41, 5.74) is 14.0. The normalized spacial score (nSPS) is 22.8. The molecule has 586 valence electrons. The van der Waals surface area contributed by atoms with Gasteiger partial charge in [-0.1, -0.05) is 68.3 Å². The highest BCUT2D eigenvalue weighted by Gasteiger charge is 2.45. The number of unbranched alkanes of at least 4 members (excludes halogenated alkanes) is 2. The number of nitrogens with two attached hydrogens (primary N) is 2. The lowest BCUT2D eigenvalue weighted by atomic mass is 10.0. The van der Waals surface area contributed by atoms with Crippen LogP contribution in [-0.2, 0) is 90.8 Å². The van der Waals surface area contributed by atoms with Crippen molar-refractivity contribution < 1.29 is 87.5 Å². The lowest BCUT2D eigenvalue weighted by Gasteiger charge is -2.33. The second-order valence-electron chi connectivity index (χ2n) is 26.9. The van der Waals surface area contributed by atoms with Crippen LogP contribution in [-0.4, -0.2) is 303 Å². The van der Waals surface area contributed by atoms with Crippen molar-refractivity contribution in [1.29, 1.82) is 0 Å². The molecule has 0 saturated carbocycles. The quantitative estimate of drug-likeness (QED) is 0.0404. The molecule has 3 fully saturated rings. The standard InChI is InChI=1S/C70H105N15O18S3/c1-3-4-6-15-58(89)75-53-44-106-42-49-33-47(40-104-31-20-73-59(90)36-80-23-25-81(37-60(91)92)27-29-83(39-62(95)96)30-28-82(26-24-80)38-61(93)94)32-48(34-49)41-105-43-52(64(97)74-19-18-57(72)88)78-66(99)51(35-46-11-7-5-8-12-46)77-65(98)50(16-17-56(71)87)76-68(101)63(45(2)86)79-67(100)54-13-9-21-84(54)70(103)55-14-10-22-85(55)69(53)102/h5,7-8,11-12,32-34,45,50-55,63,86H,3-4,6,9-10,13-31,35-44H2,1-2H3,(H2,71,87)(H2,72,88)(H,73,90)(H,74,97)(H,75,89)(H,76,101)(H,77,98)(H,78,99)(H,79,100)(H,91,92)(H,93,94)(H,95,96)/t45-,50+,51+,52+,53+,54+,55+,63+/m1/s1. The molecule has 36 heteroatoms. The van der Waals surface area contributed by atoms with Gasteiger partial charge in [-0.25, -0.2) is 0 Å². The number of nitrogens with one attached hydrogen (secondary N) is 7.